The number of carbonyl (C=O) groups excluding carboxylic acids is 1. The van der Waals surface area contributed by atoms with Crippen LogP contribution in [0.15, 0.2) is 18.2 Å². The summed E-state index contributed by atoms with van der Waals surface area (Å²) in [6, 6.07) is 5.53. The minimum atomic E-state index is -0.0890. The molecule has 1 fully saturated rings. The number of benzene rings is 1. The summed E-state index contributed by atoms with van der Waals surface area (Å²) in [6.45, 7) is 5.96. The molecule has 1 aliphatic rings. The summed E-state index contributed by atoms with van der Waals surface area (Å²) in [5.74, 6) is 0.0561. The van der Waals surface area contributed by atoms with E-state index in [0.717, 1.165) is 24.3 Å². The van der Waals surface area contributed by atoms with Crippen LogP contribution in [0.25, 0.3) is 0 Å². The van der Waals surface area contributed by atoms with Crippen LogP contribution in [0.5, 0.6) is 0 Å². The van der Waals surface area contributed by atoms with Crippen LogP contribution < -0.4 is 11.1 Å². The van der Waals surface area contributed by atoms with Crippen LogP contribution in [0.2, 0.25) is 0 Å². The van der Waals surface area contributed by atoms with Crippen molar-refractivity contribution in [2.45, 2.75) is 45.6 Å². The van der Waals surface area contributed by atoms with Crippen molar-refractivity contribution in [2.24, 2.45) is 0 Å². The smallest absolute Gasteiger partial charge is 0.241 e. The molecular formula is C16H25N3O. The fraction of sp³-hybridized carbons (Fsp3) is 0.562. The molecule has 1 atom stereocenters. The van der Waals surface area contributed by atoms with Crippen LogP contribution in [0, 0.1) is 6.92 Å². The molecule has 1 saturated heterocycles. The van der Waals surface area contributed by atoms with Crippen molar-refractivity contribution >= 4 is 17.3 Å². The normalized spacial score (nSPS) is 18.3. The number of likely N-dealkylation sites (tertiary alicyclic amines) is 1. The summed E-state index contributed by atoms with van der Waals surface area (Å²) in [5, 5.41) is 3.01. The number of amides is 1. The maximum Gasteiger partial charge on any atom is 0.241 e. The van der Waals surface area contributed by atoms with E-state index in [2.05, 4.69) is 10.2 Å². The Morgan fingerprint density at radius 3 is 2.55 bits per heavy atom. The first kappa shape index (κ1) is 14.9. The van der Waals surface area contributed by atoms with Crippen LogP contribution in [-0.4, -0.2) is 29.9 Å². The summed E-state index contributed by atoms with van der Waals surface area (Å²) in [6.07, 6.45) is 4.93. The number of nitrogen functional groups attached to an aromatic ring is 1. The molecule has 0 saturated carbocycles. The molecule has 0 bridgehead atoms. The van der Waals surface area contributed by atoms with Gasteiger partial charge in [-0.2, -0.15) is 0 Å². The van der Waals surface area contributed by atoms with Gasteiger partial charge in [0.05, 0.1) is 6.04 Å². The molecule has 0 aliphatic carbocycles. The molecular weight excluding hydrogens is 250 g/mol. The highest BCUT2D eigenvalue weighted by molar-refractivity contribution is 5.95. The second-order valence-electron chi connectivity index (χ2n) is 5.64. The van der Waals surface area contributed by atoms with Gasteiger partial charge >= 0.3 is 0 Å². The van der Waals surface area contributed by atoms with Crippen LogP contribution in [0.3, 0.4) is 0 Å². The first-order valence-corrected chi connectivity index (χ1v) is 7.49. The summed E-state index contributed by atoms with van der Waals surface area (Å²) in [7, 11) is 0. The maximum absolute atomic E-state index is 12.4. The second-order valence-corrected chi connectivity index (χ2v) is 5.64. The Morgan fingerprint density at radius 1 is 1.25 bits per heavy atom. The Labute approximate surface area is 121 Å². The summed E-state index contributed by atoms with van der Waals surface area (Å²) < 4.78 is 0. The highest BCUT2D eigenvalue weighted by Crippen LogP contribution is 2.21. The van der Waals surface area contributed by atoms with Crippen LogP contribution in [0.4, 0.5) is 11.4 Å². The summed E-state index contributed by atoms with van der Waals surface area (Å²) >= 11 is 0. The number of hydrogen-bond acceptors (Lipinski definition) is 3. The Bertz CT molecular complexity index is 465. The van der Waals surface area contributed by atoms with E-state index < -0.39 is 0 Å². The SMILES string of the molecule is Cc1c(N)cccc1NC(=O)C(C)N1CCCCCC1. The molecule has 1 unspecified atom stereocenters. The molecule has 4 nitrogen and oxygen atoms in total. The minimum Gasteiger partial charge on any atom is -0.398 e. The molecule has 0 spiro atoms. The lowest BCUT2D eigenvalue weighted by Gasteiger charge is -2.26. The Morgan fingerprint density at radius 2 is 1.90 bits per heavy atom. The van der Waals surface area contributed by atoms with Gasteiger partial charge < -0.3 is 11.1 Å². The van der Waals surface area contributed by atoms with Gasteiger partial charge in [0.1, 0.15) is 0 Å². The second kappa shape index (κ2) is 6.75. The van der Waals surface area contributed by atoms with E-state index in [9.17, 15) is 4.79 Å². The van der Waals surface area contributed by atoms with Gasteiger partial charge in [0.2, 0.25) is 5.91 Å². The third-order valence-electron chi connectivity index (χ3n) is 4.20. The van der Waals surface area contributed by atoms with Gasteiger partial charge in [-0.25, -0.2) is 0 Å². The highest BCUT2D eigenvalue weighted by atomic mass is 16.2. The molecule has 20 heavy (non-hydrogen) atoms. The first-order valence-electron chi connectivity index (χ1n) is 7.49. The number of rotatable bonds is 3. The average Bonchev–Trinajstić information content (AvgIpc) is 2.72. The van der Waals surface area contributed by atoms with Crippen LogP contribution in [-0.2, 0) is 4.79 Å². The summed E-state index contributed by atoms with van der Waals surface area (Å²) in [4.78, 5) is 14.7. The molecule has 4 heteroatoms. The van der Waals surface area contributed by atoms with Crippen molar-refractivity contribution in [3.63, 3.8) is 0 Å². The fourth-order valence-electron chi connectivity index (χ4n) is 2.67. The molecule has 1 aliphatic heterocycles. The first-order chi connectivity index (χ1) is 9.59. The lowest BCUT2D eigenvalue weighted by atomic mass is 10.1. The van der Waals surface area contributed by atoms with Crippen LogP contribution >= 0.6 is 0 Å². The minimum absolute atomic E-state index is 0.0561. The van der Waals surface area contributed by atoms with Crippen LogP contribution in [0.1, 0.15) is 38.2 Å². The lowest BCUT2D eigenvalue weighted by Crippen LogP contribution is -2.42. The van der Waals surface area contributed by atoms with Gasteiger partial charge in [0, 0.05) is 11.4 Å². The van der Waals surface area contributed by atoms with Gasteiger partial charge in [0.25, 0.3) is 0 Å². The van der Waals surface area contributed by atoms with Gasteiger partial charge in [-0.1, -0.05) is 18.9 Å². The van der Waals surface area contributed by atoms with E-state index in [0.29, 0.717) is 5.69 Å². The largest absolute Gasteiger partial charge is 0.398 e. The zero-order valence-corrected chi connectivity index (χ0v) is 12.5. The maximum atomic E-state index is 12.4. The van der Waals surface area contributed by atoms with E-state index in [4.69, 9.17) is 5.73 Å². The fourth-order valence-corrected chi connectivity index (χ4v) is 2.67. The van der Waals surface area contributed by atoms with Crippen molar-refractivity contribution in [3.8, 4) is 0 Å². The summed E-state index contributed by atoms with van der Waals surface area (Å²) in [5.41, 5.74) is 8.34. The molecule has 1 aromatic rings. The Kier molecular flexibility index (Phi) is 5.01. The number of hydrogen-bond donors (Lipinski definition) is 2. The van der Waals surface area contributed by atoms with E-state index in [1.54, 1.807) is 0 Å². The predicted octanol–water partition coefficient (Wildman–Crippen LogP) is 2.78. The average molecular weight is 275 g/mol. The van der Waals surface area contributed by atoms with Gasteiger partial charge in [0.15, 0.2) is 0 Å². The molecule has 0 aromatic heterocycles. The molecule has 1 aromatic carbocycles. The monoisotopic (exact) mass is 275 g/mol. The standard InChI is InChI=1S/C16H25N3O/c1-12-14(17)8-7-9-15(12)18-16(20)13(2)19-10-5-3-4-6-11-19/h7-9,13H,3-6,10-11,17H2,1-2H3,(H,18,20). The topological polar surface area (TPSA) is 58.4 Å². The number of nitrogens with one attached hydrogen (secondary N) is 1. The van der Waals surface area contributed by atoms with Crippen molar-refractivity contribution < 1.29 is 4.79 Å². The third kappa shape index (κ3) is 3.51. The van der Waals surface area contributed by atoms with Crippen molar-refractivity contribution in [1.29, 1.82) is 0 Å². The quantitative estimate of drug-likeness (QED) is 0.834. The van der Waals surface area contributed by atoms with Gasteiger partial charge in [-0.15, -0.1) is 0 Å². The number of nitrogens with zero attached hydrogens (tertiary/aromatic N) is 1. The Hall–Kier alpha value is -1.55. The molecule has 110 valence electrons. The van der Waals surface area contributed by atoms with Gasteiger partial charge in [-0.3, -0.25) is 9.69 Å². The molecule has 2 rings (SSSR count). The number of anilines is 2. The van der Waals surface area contributed by atoms with Crippen molar-refractivity contribution in [3.05, 3.63) is 23.8 Å². The van der Waals surface area contributed by atoms with Crippen molar-refractivity contribution in [2.75, 3.05) is 24.1 Å². The van der Waals surface area contributed by atoms with E-state index >= 15 is 0 Å². The number of nitrogens with two attached hydrogens (primary N) is 1. The lowest BCUT2D eigenvalue weighted by molar-refractivity contribution is -0.120. The highest BCUT2D eigenvalue weighted by Gasteiger charge is 2.22. The molecule has 0 radical (unpaired) electrons. The van der Waals surface area contributed by atoms with E-state index in [1.807, 2.05) is 32.0 Å². The zero-order valence-electron chi connectivity index (χ0n) is 12.5. The van der Waals surface area contributed by atoms with Gasteiger partial charge in [-0.05, 0) is 57.5 Å². The predicted molar refractivity (Wildman–Crippen MR) is 83.7 cm³/mol. The van der Waals surface area contributed by atoms with E-state index in [1.165, 1.54) is 25.7 Å². The number of carbonyl (C=O) groups is 1. The van der Waals surface area contributed by atoms with Crippen molar-refractivity contribution in [1.82, 2.24) is 4.90 Å². The molecule has 1 amide bonds. The zero-order chi connectivity index (χ0) is 14.5. The third-order valence-corrected chi connectivity index (χ3v) is 4.20. The molecule has 3 N–H and O–H groups in total. The van der Waals surface area contributed by atoms with E-state index in [-0.39, 0.29) is 11.9 Å². The molecule has 1 heterocycles. The Balaban J connectivity index is 2.01.